The Balaban J connectivity index is 1.54. The number of nitrogens with one attached hydrogen (secondary N) is 2. The summed E-state index contributed by atoms with van der Waals surface area (Å²) in [6, 6.07) is 24.5. The molecule has 2 N–H and O–H groups in total. The molecule has 1 heterocycles. The summed E-state index contributed by atoms with van der Waals surface area (Å²) in [6.07, 6.45) is 4.31. The van der Waals surface area contributed by atoms with Gasteiger partial charge in [-0.3, -0.25) is 4.98 Å². The van der Waals surface area contributed by atoms with Crippen molar-refractivity contribution in [3.8, 4) is 0 Å². The molecule has 132 valence electrons. The van der Waals surface area contributed by atoms with E-state index in [2.05, 4.69) is 64.1 Å². The van der Waals surface area contributed by atoms with E-state index in [1.807, 2.05) is 24.3 Å². The first kappa shape index (κ1) is 17.7. The number of rotatable bonds is 7. The topological polar surface area (TPSA) is 54.0 Å². The third-order valence-electron chi connectivity index (χ3n) is 4.30. The molecule has 3 aromatic rings. The van der Waals surface area contributed by atoms with Gasteiger partial charge in [0.05, 0.1) is 0 Å². The fraction of sp³-hybridized carbons (Fsp3) is 0.182. The molecule has 0 unspecified atom stereocenters. The van der Waals surface area contributed by atoms with E-state index >= 15 is 0 Å². The van der Waals surface area contributed by atoms with E-state index in [0.29, 0.717) is 13.1 Å². The van der Waals surface area contributed by atoms with Gasteiger partial charge in [0.2, 0.25) is 0 Å². The van der Waals surface area contributed by atoms with E-state index in [4.69, 9.17) is 0 Å². The average molecular weight is 345 g/mol. The van der Waals surface area contributed by atoms with Gasteiger partial charge < -0.3 is 10.6 Å². The van der Waals surface area contributed by atoms with E-state index < -0.39 is 0 Å². The number of hydrogen-bond acceptors (Lipinski definition) is 2. The van der Waals surface area contributed by atoms with E-state index in [1.54, 1.807) is 12.4 Å². The van der Waals surface area contributed by atoms with Crippen LogP contribution in [0.2, 0.25) is 0 Å². The number of amides is 2. The van der Waals surface area contributed by atoms with E-state index in [-0.39, 0.29) is 11.9 Å². The Kier molecular flexibility index (Phi) is 6.37. The molecule has 2 aromatic carbocycles. The first-order chi connectivity index (χ1) is 12.8. The Labute approximate surface area is 154 Å². The highest BCUT2D eigenvalue weighted by molar-refractivity contribution is 5.73. The van der Waals surface area contributed by atoms with Crippen LogP contribution in [-0.2, 0) is 6.54 Å². The van der Waals surface area contributed by atoms with Crippen molar-refractivity contribution in [3.05, 3.63) is 102 Å². The summed E-state index contributed by atoms with van der Waals surface area (Å²) in [5.41, 5.74) is 3.50. The molecule has 0 aliphatic rings. The number of benzene rings is 2. The van der Waals surface area contributed by atoms with Crippen LogP contribution in [0.4, 0.5) is 4.79 Å². The molecule has 0 aliphatic heterocycles. The number of urea groups is 1. The van der Waals surface area contributed by atoms with E-state index in [0.717, 1.165) is 12.0 Å². The fourth-order valence-corrected chi connectivity index (χ4v) is 2.97. The highest BCUT2D eigenvalue weighted by atomic mass is 16.2. The zero-order chi connectivity index (χ0) is 18.0. The maximum absolute atomic E-state index is 12.0. The van der Waals surface area contributed by atoms with Crippen LogP contribution in [0.25, 0.3) is 0 Å². The van der Waals surface area contributed by atoms with Crippen LogP contribution in [0.3, 0.4) is 0 Å². The predicted octanol–water partition coefficient (Wildman–Crippen LogP) is 4.10. The molecule has 3 rings (SSSR count). The third kappa shape index (κ3) is 5.18. The number of nitrogens with zero attached hydrogens (tertiary/aromatic N) is 1. The molecule has 0 saturated carbocycles. The monoisotopic (exact) mass is 345 g/mol. The summed E-state index contributed by atoms with van der Waals surface area (Å²) in [7, 11) is 0. The SMILES string of the molecule is O=C(NCCC(c1ccccc1)c1ccccc1)NCc1cccnc1. The highest BCUT2D eigenvalue weighted by Gasteiger charge is 2.14. The minimum atomic E-state index is -0.159. The highest BCUT2D eigenvalue weighted by Crippen LogP contribution is 2.27. The van der Waals surface area contributed by atoms with Crippen molar-refractivity contribution in [2.24, 2.45) is 0 Å². The van der Waals surface area contributed by atoms with Gasteiger partial charge in [0, 0.05) is 31.4 Å². The van der Waals surface area contributed by atoms with Crippen molar-refractivity contribution >= 4 is 6.03 Å². The van der Waals surface area contributed by atoms with Crippen molar-refractivity contribution in [1.29, 1.82) is 0 Å². The second-order valence-electron chi connectivity index (χ2n) is 6.13. The number of aromatic nitrogens is 1. The summed E-state index contributed by atoms with van der Waals surface area (Å²) < 4.78 is 0. The molecule has 26 heavy (non-hydrogen) atoms. The van der Waals surface area contributed by atoms with Gasteiger partial charge in [-0.2, -0.15) is 0 Å². The van der Waals surface area contributed by atoms with Gasteiger partial charge in [0.25, 0.3) is 0 Å². The van der Waals surface area contributed by atoms with Gasteiger partial charge in [-0.25, -0.2) is 4.79 Å². The smallest absolute Gasteiger partial charge is 0.315 e. The first-order valence-corrected chi connectivity index (χ1v) is 8.83. The maximum atomic E-state index is 12.0. The summed E-state index contributed by atoms with van der Waals surface area (Å²) in [4.78, 5) is 16.1. The Morgan fingerprint density at radius 1 is 0.846 bits per heavy atom. The second kappa shape index (κ2) is 9.37. The summed E-state index contributed by atoms with van der Waals surface area (Å²) in [5.74, 6) is 0.260. The zero-order valence-corrected chi connectivity index (χ0v) is 14.6. The van der Waals surface area contributed by atoms with Crippen molar-refractivity contribution < 1.29 is 4.79 Å². The normalized spacial score (nSPS) is 10.5. The standard InChI is InChI=1S/C22H23N3O/c26-22(25-17-18-8-7-14-23-16-18)24-15-13-21(19-9-3-1-4-10-19)20-11-5-2-6-12-20/h1-12,14,16,21H,13,15,17H2,(H2,24,25,26). The Hall–Kier alpha value is -3.14. The van der Waals surface area contributed by atoms with Crippen LogP contribution in [0.5, 0.6) is 0 Å². The lowest BCUT2D eigenvalue weighted by Gasteiger charge is -2.18. The van der Waals surface area contributed by atoms with Crippen LogP contribution in [-0.4, -0.2) is 17.6 Å². The molecule has 0 spiro atoms. The lowest BCUT2D eigenvalue weighted by Crippen LogP contribution is -2.36. The van der Waals surface area contributed by atoms with Gasteiger partial charge in [-0.05, 0) is 29.2 Å². The van der Waals surface area contributed by atoms with Crippen LogP contribution >= 0.6 is 0 Å². The minimum Gasteiger partial charge on any atom is -0.338 e. The lowest BCUT2D eigenvalue weighted by molar-refractivity contribution is 0.240. The molecule has 0 atom stereocenters. The van der Waals surface area contributed by atoms with Gasteiger partial charge >= 0.3 is 6.03 Å². The Morgan fingerprint density at radius 2 is 1.50 bits per heavy atom. The van der Waals surface area contributed by atoms with E-state index in [9.17, 15) is 4.79 Å². The van der Waals surface area contributed by atoms with Crippen molar-refractivity contribution in [1.82, 2.24) is 15.6 Å². The zero-order valence-electron chi connectivity index (χ0n) is 14.6. The summed E-state index contributed by atoms with van der Waals surface area (Å²) >= 11 is 0. The molecule has 0 bridgehead atoms. The summed E-state index contributed by atoms with van der Waals surface area (Å²) in [6.45, 7) is 1.08. The van der Waals surface area contributed by atoms with Crippen LogP contribution in [0.1, 0.15) is 29.0 Å². The fourth-order valence-electron chi connectivity index (χ4n) is 2.97. The minimum absolute atomic E-state index is 0.159. The number of pyridine rings is 1. The molecule has 0 radical (unpaired) electrons. The number of hydrogen-bond donors (Lipinski definition) is 2. The number of carbonyl (C=O) groups excluding carboxylic acids is 1. The second-order valence-corrected chi connectivity index (χ2v) is 6.13. The van der Waals surface area contributed by atoms with Crippen molar-refractivity contribution in [2.45, 2.75) is 18.9 Å². The predicted molar refractivity (Wildman–Crippen MR) is 104 cm³/mol. The molecule has 0 aliphatic carbocycles. The van der Waals surface area contributed by atoms with Gasteiger partial charge in [0.15, 0.2) is 0 Å². The Bertz CT molecular complexity index is 752. The Morgan fingerprint density at radius 3 is 2.08 bits per heavy atom. The molecular formula is C22H23N3O. The van der Waals surface area contributed by atoms with Crippen LogP contribution < -0.4 is 10.6 Å². The molecule has 1 aromatic heterocycles. The molecule has 0 fully saturated rings. The molecule has 4 nitrogen and oxygen atoms in total. The number of carbonyl (C=O) groups is 1. The molecule has 2 amide bonds. The van der Waals surface area contributed by atoms with Crippen LogP contribution in [0.15, 0.2) is 85.2 Å². The molecular weight excluding hydrogens is 322 g/mol. The van der Waals surface area contributed by atoms with Gasteiger partial charge in [-0.15, -0.1) is 0 Å². The van der Waals surface area contributed by atoms with Crippen molar-refractivity contribution in [3.63, 3.8) is 0 Å². The lowest BCUT2D eigenvalue weighted by atomic mass is 9.88. The quantitative estimate of drug-likeness (QED) is 0.677. The summed E-state index contributed by atoms with van der Waals surface area (Å²) in [5, 5.41) is 5.81. The molecule has 4 heteroatoms. The van der Waals surface area contributed by atoms with Gasteiger partial charge in [-0.1, -0.05) is 66.7 Å². The van der Waals surface area contributed by atoms with Crippen molar-refractivity contribution in [2.75, 3.05) is 6.54 Å². The largest absolute Gasteiger partial charge is 0.338 e. The van der Waals surface area contributed by atoms with E-state index in [1.165, 1.54) is 11.1 Å². The van der Waals surface area contributed by atoms with Gasteiger partial charge in [0.1, 0.15) is 0 Å². The third-order valence-corrected chi connectivity index (χ3v) is 4.30. The maximum Gasteiger partial charge on any atom is 0.315 e. The van der Waals surface area contributed by atoms with Crippen LogP contribution in [0, 0.1) is 0 Å². The average Bonchev–Trinajstić information content (AvgIpc) is 2.72. The first-order valence-electron chi connectivity index (χ1n) is 8.83. The molecule has 0 saturated heterocycles.